The highest BCUT2D eigenvalue weighted by Gasteiger charge is 2.24. The minimum absolute atomic E-state index is 0.211. The number of aromatic amines is 1. The monoisotopic (exact) mass is 286 g/mol. The lowest BCUT2D eigenvalue weighted by molar-refractivity contribution is -0.130. The first kappa shape index (κ1) is 14.1. The van der Waals surface area contributed by atoms with Gasteiger partial charge in [0, 0.05) is 25.9 Å². The van der Waals surface area contributed by atoms with Crippen LogP contribution in [0.2, 0.25) is 0 Å². The molecule has 5 heteroatoms. The maximum absolute atomic E-state index is 12.2. The van der Waals surface area contributed by atoms with Gasteiger partial charge in [-0.05, 0) is 37.4 Å². The van der Waals surface area contributed by atoms with Crippen LogP contribution in [0.3, 0.4) is 0 Å². The van der Waals surface area contributed by atoms with Gasteiger partial charge in [-0.25, -0.2) is 4.98 Å². The average molecular weight is 286 g/mol. The molecule has 3 rings (SSSR count). The van der Waals surface area contributed by atoms with Crippen molar-refractivity contribution in [2.45, 2.75) is 26.2 Å². The van der Waals surface area contributed by atoms with Crippen LogP contribution in [0.25, 0.3) is 11.0 Å². The lowest BCUT2D eigenvalue weighted by Gasteiger charge is -2.15. The fourth-order valence-corrected chi connectivity index (χ4v) is 2.98. The summed E-state index contributed by atoms with van der Waals surface area (Å²) in [6, 6.07) is 6.09. The summed E-state index contributed by atoms with van der Waals surface area (Å²) in [4.78, 5) is 22.0. The van der Waals surface area contributed by atoms with Gasteiger partial charge in [0.05, 0.1) is 11.0 Å². The zero-order valence-electron chi connectivity index (χ0n) is 12.4. The Kier molecular flexibility index (Phi) is 3.92. The van der Waals surface area contributed by atoms with Crippen LogP contribution in [0, 0.1) is 12.8 Å². The molecule has 21 heavy (non-hydrogen) atoms. The molecule has 1 aliphatic heterocycles. The maximum Gasteiger partial charge on any atom is 0.223 e. The zero-order valence-corrected chi connectivity index (χ0v) is 12.4. The smallest absolute Gasteiger partial charge is 0.223 e. The molecule has 5 nitrogen and oxygen atoms in total. The molecule has 1 aromatic heterocycles. The molecular weight excluding hydrogens is 264 g/mol. The van der Waals surface area contributed by atoms with Crippen LogP contribution in [0.4, 0.5) is 0 Å². The molecule has 1 aromatic carbocycles. The van der Waals surface area contributed by atoms with Gasteiger partial charge >= 0.3 is 0 Å². The van der Waals surface area contributed by atoms with Gasteiger partial charge in [-0.3, -0.25) is 4.79 Å². The Morgan fingerprint density at radius 2 is 2.38 bits per heavy atom. The Hall–Kier alpha value is -1.88. The molecular formula is C16H22N4O. The second-order valence-corrected chi connectivity index (χ2v) is 5.88. The Labute approximate surface area is 124 Å². The first-order valence-electron chi connectivity index (χ1n) is 7.59. The van der Waals surface area contributed by atoms with E-state index in [-0.39, 0.29) is 5.91 Å². The van der Waals surface area contributed by atoms with Crippen molar-refractivity contribution in [3.8, 4) is 0 Å². The highest BCUT2D eigenvalue weighted by molar-refractivity contribution is 5.79. The van der Waals surface area contributed by atoms with E-state index in [1.165, 1.54) is 0 Å². The van der Waals surface area contributed by atoms with Crippen LogP contribution < -0.4 is 5.73 Å². The van der Waals surface area contributed by atoms with Crippen LogP contribution in [-0.4, -0.2) is 40.4 Å². The molecule has 2 heterocycles. The lowest BCUT2D eigenvalue weighted by atomic mass is 10.1. The van der Waals surface area contributed by atoms with Crippen LogP contribution >= 0.6 is 0 Å². The number of aromatic nitrogens is 2. The van der Waals surface area contributed by atoms with E-state index in [0.717, 1.165) is 41.9 Å². The van der Waals surface area contributed by atoms with E-state index >= 15 is 0 Å². The number of fused-ring (bicyclic) bond motifs is 1. The normalized spacial score (nSPS) is 18.6. The zero-order chi connectivity index (χ0) is 14.8. The predicted molar refractivity (Wildman–Crippen MR) is 82.9 cm³/mol. The highest BCUT2D eigenvalue weighted by atomic mass is 16.2. The van der Waals surface area contributed by atoms with E-state index in [0.29, 0.717) is 25.3 Å². The SMILES string of the molecule is Cc1cccc2[nH]c(CCC(=O)N3CCC(CN)C3)nc12. The Balaban J connectivity index is 1.61. The molecule has 0 spiro atoms. The maximum atomic E-state index is 12.2. The topological polar surface area (TPSA) is 75.0 Å². The van der Waals surface area contributed by atoms with Crippen molar-refractivity contribution >= 4 is 16.9 Å². The van der Waals surface area contributed by atoms with Gasteiger partial charge in [0.2, 0.25) is 5.91 Å². The number of amides is 1. The van der Waals surface area contributed by atoms with E-state index in [4.69, 9.17) is 5.73 Å². The van der Waals surface area contributed by atoms with Crippen LogP contribution in [0.1, 0.15) is 24.2 Å². The number of carbonyl (C=O) groups excluding carboxylic acids is 1. The quantitative estimate of drug-likeness (QED) is 0.896. The minimum Gasteiger partial charge on any atom is -0.342 e. The van der Waals surface area contributed by atoms with Gasteiger partial charge in [-0.2, -0.15) is 0 Å². The summed E-state index contributed by atoms with van der Waals surface area (Å²) in [5.74, 6) is 1.58. The number of imidazole rings is 1. The van der Waals surface area contributed by atoms with Gasteiger partial charge in [-0.1, -0.05) is 12.1 Å². The summed E-state index contributed by atoms with van der Waals surface area (Å²) < 4.78 is 0. The lowest BCUT2D eigenvalue weighted by Crippen LogP contribution is -2.30. The summed E-state index contributed by atoms with van der Waals surface area (Å²) in [7, 11) is 0. The first-order valence-corrected chi connectivity index (χ1v) is 7.59. The number of nitrogens with two attached hydrogens (primary N) is 1. The first-order chi connectivity index (χ1) is 10.2. The molecule has 2 aromatic rings. The number of hydrogen-bond donors (Lipinski definition) is 2. The van der Waals surface area contributed by atoms with Gasteiger partial charge < -0.3 is 15.6 Å². The van der Waals surface area contributed by atoms with Crippen molar-refractivity contribution in [2.24, 2.45) is 11.7 Å². The van der Waals surface area contributed by atoms with Crippen molar-refractivity contribution in [3.63, 3.8) is 0 Å². The molecule has 0 bridgehead atoms. The Morgan fingerprint density at radius 3 is 3.10 bits per heavy atom. The van der Waals surface area contributed by atoms with Gasteiger partial charge in [0.25, 0.3) is 0 Å². The average Bonchev–Trinajstić information content (AvgIpc) is 3.12. The number of para-hydroxylation sites is 1. The Bertz CT molecular complexity index is 649. The van der Waals surface area contributed by atoms with Gasteiger partial charge in [0.1, 0.15) is 5.82 Å². The van der Waals surface area contributed by atoms with E-state index in [9.17, 15) is 4.79 Å². The molecule has 112 valence electrons. The largest absolute Gasteiger partial charge is 0.342 e. The third kappa shape index (κ3) is 2.93. The van der Waals surface area contributed by atoms with Crippen molar-refractivity contribution in [2.75, 3.05) is 19.6 Å². The molecule has 1 amide bonds. The van der Waals surface area contributed by atoms with Crippen LogP contribution in [-0.2, 0) is 11.2 Å². The number of nitrogens with one attached hydrogen (secondary N) is 1. The van der Waals surface area contributed by atoms with Crippen LogP contribution in [0.5, 0.6) is 0 Å². The molecule has 0 radical (unpaired) electrons. The molecule has 1 aliphatic rings. The number of benzene rings is 1. The van der Waals surface area contributed by atoms with E-state index in [2.05, 4.69) is 23.0 Å². The van der Waals surface area contributed by atoms with E-state index in [1.807, 2.05) is 17.0 Å². The number of carbonyl (C=O) groups is 1. The van der Waals surface area contributed by atoms with Crippen molar-refractivity contribution < 1.29 is 4.79 Å². The van der Waals surface area contributed by atoms with Crippen molar-refractivity contribution in [1.29, 1.82) is 0 Å². The molecule has 1 atom stereocenters. The molecule has 1 fully saturated rings. The number of aryl methyl sites for hydroxylation is 2. The second kappa shape index (κ2) is 5.85. The van der Waals surface area contributed by atoms with E-state index in [1.54, 1.807) is 0 Å². The summed E-state index contributed by atoms with van der Waals surface area (Å²) in [6.45, 7) is 4.39. The third-order valence-corrected chi connectivity index (χ3v) is 4.31. The van der Waals surface area contributed by atoms with Crippen LogP contribution in [0.15, 0.2) is 18.2 Å². The number of rotatable bonds is 4. The molecule has 1 unspecified atom stereocenters. The Morgan fingerprint density at radius 1 is 1.52 bits per heavy atom. The van der Waals surface area contributed by atoms with Crippen molar-refractivity contribution in [3.05, 3.63) is 29.6 Å². The molecule has 0 saturated carbocycles. The minimum atomic E-state index is 0.211. The van der Waals surface area contributed by atoms with Gasteiger partial charge in [0.15, 0.2) is 0 Å². The number of nitrogens with zero attached hydrogens (tertiary/aromatic N) is 2. The predicted octanol–water partition coefficient (Wildman–Crippen LogP) is 1.61. The third-order valence-electron chi connectivity index (χ3n) is 4.31. The summed E-state index contributed by atoms with van der Waals surface area (Å²) >= 11 is 0. The summed E-state index contributed by atoms with van der Waals surface area (Å²) in [5.41, 5.74) is 8.87. The standard InChI is InChI=1S/C16H22N4O/c1-11-3-2-4-13-16(11)19-14(18-13)5-6-15(21)20-8-7-12(9-17)10-20/h2-4,12H,5-10,17H2,1H3,(H,18,19). The number of hydrogen-bond acceptors (Lipinski definition) is 3. The summed E-state index contributed by atoms with van der Waals surface area (Å²) in [5, 5.41) is 0. The molecule has 0 aliphatic carbocycles. The fourth-order valence-electron chi connectivity index (χ4n) is 2.98. The van der Waals surface area contributed by atoms with Crippen molar-refractivity contribution in [1.82, 2.24) is 14.9 Å². The molecule has 3 N–H and O–H groups in total. The van der Waals surface area contributed by atoms with E-state index < -0.39 is 0 Å². The van der Waals surface area contributed by atoms with Gasteiger partial charge in [-0.15, -0.1) is 0 Å². The second-order valence-electron chi connectivity index (χ2n) is 5.88. The number of H-pyrrole nitrogens is 1. The summed E-state index contributed by atoms with van der Waals surface area (Å²) in [6.07, 6.45) is 2.21. The highest BCUT2D eigenvalue weighted by Crippen LogP contribution is 2.18. The molecule has 1 saturated heterocycles. The fraction of sp³-hybridized carbons (Fsp3) is 0.500. The number of likely N-dealkylation sites (tertiary alicyclic amines) is 1.